The molecule has 0 aliphatic carbocycles. The predicted molar refractivity (Wildman–Crippen MR) is 101 cm³/mol. The minimum Gasteiger partial charge on any atom is -0.355 e. The van der Waals surface area contributed by atoms with E-state index in [1.54, 1.807) is 0 Å². The van der Waals surface area contributed by atoms with Gasteiger partial charge in [0.2, 0.25) is 11.8 Å². The number of imide groups is 1. The maximum Gasteiger partial charge on any atom is 0.334 e. The maximum absolute atomic E-state index is 12.3. The molecule has 2 atom stereocenters. The van der Waals surface area contributed by atoms with Gasteiger partial charge in [0, 0.05) is 51.5 Å². The fourth-order valence-electron chi connectivity index (χ4n) is 3.17. The van der Waals surface area contributed by atoms with Crippen LogP contribution in [0.1, 0.15) is 32.6 Å². The molecule has 0 saturated carbocycles. The molecule has 2 rings (SSSR count). The minimum atomic E-state index is -0.777. The van der Waals surface area contributed by atoms with E-state index < -0.39 is 17.8 Å². The first-order valence-corrected chi connectivity index (χ1v) is 9.70. The quantitative estimate of drug-likeness (QED) is 0.269. The lowest BCUT2D eigenvalue weighted by Crippen LogP contribution is -2.59. The second-order valence-electron chi connectivity index (χ2n) is 7.43. The van der Waals surface area contributed by atoms with Crippen LogP contribution < -0.4 is 10.6 Å². The number of carbonyl (C=O) groups excluding carboxylic acids is 5. The summed E-state index contributed by atoms with van der Waals surface area (Å²) in [5, 5.41) is 5.77. The molecule has 0 aromatic carbocycles. The molecule has 2 N–H and O–H groups in total. The van der Waals surface area contributed by atoms with Crippen molar-refractivity contribution in [2.24, 2.45) is 0 Å². The number of amides is 4. The topological polar surface area (TPSA) is 128 Å². The Morgan fingerprint density at radius 2 is 1.59 bits per heavy atom. The number of hydroxylamine groups is 2. The number of hydrogen-bond acceptors (Lipinski definition) is 8. The number of carbonyl (C=O) groups is 5. The summed E-state index contributed by atoms with van der Waals surface area (Å²) in [6.45, 7) is 3.72. The summed E-state index contributed by atoms with van der Waals surface area (Å²) in [4.78, 5) is 67.4. The van der Waals surface area contributed by atoms with Crippen LogP contribution in [0.5, 0.6) is 0 Å². The number of rotatable bonds is 8. The van der Waals surface area contributed by atoms with Crippen molar-refractivity contribution in [2.75, 3.05) is 40.3 Å². The Bertz CT molecular complexity index is 653. The van der Waals surface area contributed by atoms with Gasteiger partial charge in [0.25, 0.3) is 11.8 Å². The number of hydrogen-bond donors (Lipinski definition) is 2. The lowest BCUT2D eigenvalue weighted by Gasteiger charge is -2.41. The number of nitrogens with one attached hydrogen (secondary N) is 2. The van der Waals surface area contributed by atoms with Gasteiger partial charge in [0.1, 0.15) is 6.04 Å². The summed E-state index contributed by atoms with van der Waals surface area (Å²) in [7, 11) is 3.88. The van der Waals surface area contributed by atoms with Crippen LogP contribution in [0.25, 0.3) is 0 Å². The van der Waals surface area contributed by atoms with Gasteiger partial charge < -0.3 is 20.4 Å². The first-order valence-electron chi connectivity index (χ1n) is 9.70. The third-order valence-electron chi connectivity index (χ3n) is 5.10. The third kappa shape index (κ3) is 6.50. The minimum absolute atomic E-state index is 0.00980. The Hall–Kier alpha value is -2.53. The van der Waals surface area contributed by atoms with Gasteiger partial charge in [0.15, 0.2) is 0 Å². The molecule has 4 amide bonds. The van der Waals surface area contributed by atoms with E-state index in [0.717, 1.165) is 6.54 Å². The van der Waals surface area contributed by atoms with Crippen molar-refractivity contribution < 1.29 is 28.8 Å². The van der Waals surface area contributed by atoms with E-state index >= 15 is 0 Å². The van der Waals surface area contributed by atoms with Gasteiger partial charge in [-0.15, -0.1) is 5.06 Å². The average molecular weight is 420 g/mol. The molecule has 2 unspecified atom stereocenters. The van der Waals surface area contributed by atoms with Crippen LogP contribution in [0.15, 0.2) is 0 Å². The molecule has 0 spiro atoms. The van der Waals surface area contributed by atoms with Crippen molar-refractivity contribution in [2.45, 2.75) is 44.7 Å². The molecule has 11 nitrogen and oxygen atoms in total. The fraction of sp³-hybridized carbons (Fsp3) is 0.722. The Kier molecular flexibility index (Phi) is 8.09. The highest BCUT2D eigenvalue weighted by Gasteiger charge is 2.33. The standard InChI is InChI=1S/C18H29N5O6/c1-12-10-22(3)13(11-21(12)2)18(28)20-8-6-14(24)19-9-7-17(27)29-23-15(25)4-5-16(23)26/h12-13H,4-11H2,1-3H3,(H,19,24)(H,20,28)/i3+1,7+1,9+1,14+1,17+1,19+1,20+1,21+1,22+1. The van der Waals surface area contributed by atoms with Crippen molar-refractivity contribution in [3.05, 3.63) is 0 Å². The van der Waals surface area contributed by atoms with E-state index in [9.17, 15) is 24.0 Å². The van der Waals surface area contributed by atoms with Crippen molar-refractivity contribution in [1.29, 1.82) is 0 Å². The second kappa shape index (κ2) is 10.3. The van der Waals surface area contributed by atoms with Gasteiger partial charge in [-0.05, 0) is 21.0 Å². The van der Waals surface area contributed by atoms with Crippen molar-refractivity contribution in [3.8, 4) is 0 Å². The molecule has 0 radical (unpaired) electrons. The van der Waals surface area contributed by atoms with E-state index in [1.807, 2.05) is 19.0 Å². The van der Waals surface area contributed by atoms with Crippen LogP contribution in [-0.2, 0) is 28.8 Å². The van der Waals surface area contributed by atoms with Crippen LogP contribution in [0.3, 0.4) is 0 Å². The summed E-state index contributed by atoms with van der Waals surface area (Å²) in [5.41, 5.74) is 0. The largest absolute Gasteiger partial charge is 0.355 e. The first kappa shape index (κ1) is 22.8. The Labute approximate surface area is 169 Å². The van der Waals surface area contributed by atoms with Crippen LogP contribution >= 0.6 is 0 Å². The molecule has 2 heterocycles. The highest BCUT2D eigenvalue weighted by molar-refractivity contribution is 6.01. The Morgan fingerprint density at radius 1 is 0.966 bits per heavy atom. The molecule has 0 aromatic rings. The summed E-state index contributed by atoms with van der Waals surface area (Å²) in [6.07, 6.45) is -0.0415. The molecular weight excluding hydrogens is 391 g/mol. The zero-order chi connectivity index (χ0) is 21.6. The number of likely N-dealkylation sites (N-methyl/N-ethyl adjacent to an activating group) is 2. The van der Waals surface area contributed by atoms with Gasteiger partial charge in [-0.3, -0.25) is 24.1 Å². The predicted octanol–water partition coefficient (Wildman–Crippen LogP) is -1.76. The SMILES string of the molecule is CC1C[15N]([13CH3])C(C(=O)[15NH]CC[13C](=O)[15NH][13CH2][13CH2][13C](=O)ON2C(=O)CCC2=O)C[15N]1C. The second-order valence-corrected chi connectivity index (χ2v) is 7.43. The summed E-state index contributed by atoms with van der Waals surface area (Å²) < 4.78 is 0. The molecule has 0 aromatic heterocycles. The van der Waals surface area contributed by atoms with Crippen LogP contribution in [0.4, 0.5) is 0 Å². The van der Waals surface area contributed by atoms with Gasteiger partial charge in [0.05, 0.1) is 6.42 Å². The van der Waals surface area contributed by atoms with E-state index in [2.05, 4.69) is 22.5 Å². The van der Waals surface area contributed by atoms with Crippen molar-refractivity contribution >= 4 is 29.6 Å². The van der Waals surface area contributed by atoms with Gasteiger partial charge >= 0.3 is 5.97 Å². The summed E-state index contributed by atoms with van der Waals surface area (Å²) in [5.74, 6) is -2.32. The van der Waals surface area contributed by atoms with Gasteiger partial charge in [-0.1, -0.05) is 0 Å². The number of piperazine rings is 1. The third-order valence-corrected chi connectivity index (χ3v) is 5.10. The summed E-state index contributed by atoms with van der Waals surface area (Å²) >= 11 is 0. The molecule has 11 heteroatoms. The van der Waals surface area contributed by atoms with Crippen LogP contribution in [0, 0.1) is 0 Å². The molecule has 2 fully saturated rings. The highest BCUT2D eigenvalue weighted by atomic mass is 16.8. The maximum atomic E-state index is 12.3. The Balaban J connectivity index is 1.60. The van der Waals surface area contributed by atoms with E-state index in [0.29, 0.717) is 17.6 Å². The average Bonchev–Trinajstić information content (AvgIpc) is 2.96. The lowest BCUT2D eigenvalue weighted by atomic mass is 10.2. The molecular formula is C18H29N5O6. The summed E-state index contributed by atoms with van der Waals surface area (Å²) in [6, 6.07) is 0.119. The monoisotopic (exact) mass is 420 g/mol. The van der Waals surface area contributed by atoms with Crippen LogP contribution in [-0.4, -0.2) is 96.8 Å². The van der Waals surface area contributed by atoms with E-state index in [1.165, 1.54) is 0 Å². The van der Waals surface area contributed by atoms with Crippen molar-refractivity contribution in [3.63, 3.8) is 0 Å². The van der Waals surface area contributed by atoms with Gasteiger partial charge in [-0.2, -0.15) is 0 Å². The molecule has 2 saturated heterocycles. The zero-order valence-corrected chi connectivity index (χ0v) is 17.1. The molecule has 162 valence electrons. The van der Waals surface area contributed by atoms with Crippen molar-refractivity contribution in [1.82, 2.24) is 25.5 Å². The number of nitrogens with zero attached hydrogens (tertiary/aromatic N) is 3. The smallest absolute Gasteiger partial charge is 0.334 e. The normalized spacial score (nSPS) is 23.2. The van der Waals surface area contributed by atoms with Crippen LogP contribution in [0.2, 0.25) is 0 Å². The van der Waals surface area contributed by atoms with E-state index in [-0.39, 0.29) is 56.6 Å². The molecule has 0 bridgehead atoms. The highest BCUT2D eigenvalue weighted by Crippen LogP contribution is 2.13. The first-order chi connectivity index (χ1) is 13.7. The van der Waals surface area contributed by atoms with Gasteiger partial charge in [-0.25, -0.2) is 4.79 Å². The molecule has 29 heavy (non-hydrogen) atoms. The fourth-order valence-corrected chi connectivity index (χ4v) is 3.17. The molecule has 2 aliphatic rings. The van der Waals surface area contributed by atoms with E-state index in [4.69, 9.17) is 4.84 Å². The Morgan fingerprint density at radius 3 is 2.24 bits per heavy atom. The molecule has 2 aliphatic heterocycles. The zero-order valence-electron chi connectivity index (χ0n) is 17.1. The lowest BCUT2D eigenvalue weighted by molar-refractivity contribution is -0.197.